The Balaban J connectivity index is 1.73. The summed E-state index contributed by atoms with van der Waals surface area (Å²) in [5, 5.41) is 17.1. The lowest BCUT2D eigenvalue weighted by molar-refractivity contribution is 0.202. The number of hydrazone groups is 1. The standard InChI is InChI=1S/C18H13N3O2S/c22-18(23)21-16-10-14(7-6-13(16)8-9-19-21)17-20-15(11-24-17)12-4-2-1-3-5-12/h1-7,9-11H,8H2,(H,22,23). The minimum Gasteiger partial charge on any atom is -0.463 e. The van der Waals surface area contributed by atoms with Crippen molar-refractivity contribution in [2.24, 2.45) is 5.10 Å². The maximum Gasteiger partial charge on any atom is 0.432 e. The van der Waals surface area contributed by atoms with Gasteiger partial charge in [-0.1, -0.05) is 42.5 Å². The molecule has 5 nitrogen and oxygen atoms in total. The molecule has 6 heteroatoms. The van der Waals surface area contributed by atoms with Gasteiger partial charge >= 0.3 is 6.09 Å². The largest absolute Gasteiger partial charge is 0.463 e. The quantitative estimate of drug-likeness (QED) is 0.749. The molecule has 118 valence electrons. The van der Waals surface area contributed by atoms with E-state index in [4.69, 9.17) is 0 Å². The monoisotopic (exact) mass is 335 g/mol. The number of amides is 1. The molecule has 0 saturated carbocycles. The lowest BCUT2D eigenvalue weighted by Gasteiger charge is -2.20. The molecule has 0 aliphatic carbocycles. The Morgan fingerprint density at radius 1 is 1.12 bits per heavy atom. The minimum absolute atomic E-state index is 0.596. The summed E-state index contributed by atoms with van der Waals surface area (Å²) in [4.78, 5) is 16.0. The molecule has 0 spiro atoms. The molecule has 0 fully saturated rings. The number of hydrogen-bond donors (Lipinski definition) is 1. The highest BCUT2D eigenvalue weighted by Gasteiger charge is 2.21. The first-order chi connectivity index (χ1) is 11.7. The number of benzene rings is 2. The number of hydrogen-bond acceptors (Lipinski definition) is 4. The first kappa shape index (κ1) is 14.6. The Labute approximate surface area is 142 Å². The fourth-order valence-corrected chi connectivity index (χ4v) is 3.48. The third kappa shape index (κ3) is 2.57. The molecule has 0 atom stereocenters. The van der Waals surface area contributed by atoms with E-state index in [1.165, 1.54) is 0 Å². The zero-order chi connectivity index (χ0) is 16.5. The molecule has 3 aromatic rings. The van der Waals surface area contributed by atoms with Crippen LogP contribution in [0.3, 0.4) is 0 Å². The zero-order valence-electron chi connectivity index (χ0n) is 12.6. The molecule has 0 bridgehead atoms. The molecule has 2 heterocycles. The van der Waals surface area contributed by atoms with Crippen molar-refractivity contribution in [1.29, 1.82) is 0 Å². The number of fused-ring (bicyclic) bond motifs is 1. The average Bonchev–Trinajstić information content (AvgIpc) is 3.11. The second-order valence-corrected chi connectivity index (χ2v) is 6.20. The van der Waals surface area contributed by atoms with Crippen LogP contribution in [-0.2, 0) is 6.42 Å². The van der Waals surface area contributed by atoms with Gasteiger partial charge in [0.1, 0.15) is 5.01 Å². The van der Waals surface area contributed by atoms with Gasteiger partial charge in [0.25, 0.3) is 0 Å². The molecule has 1 N–H and O–H groups in total. The Hall–Kier alpha value is -2.99. The molecule has 1 aliphatic rings. The molecule has 0 unspecified atom stereocenters. The van der Waals surface area contributed by atoms with Gasteiger partial charge in [0.15, 0.2) is 0 Å². The van der Waals surface area contributed by atoms with Crippen molar-refractivity contribution in [3.05, 3.63) is 59.5 Å². The second kappa shape index (κ2) is 5.90. The number of rotatable bonds is 2. The van der Waals surface area contributed by atoms with Gasteiger partial charge < -0.3 is 5.11 Å². The molecule has 0 radical (unpaired) electrons. The maximum atomic E-state index is 11.4. The van der Waals surface area contributed by atoms with E-state index in [1.807, 2.05) is 53.9 Å². The van der Waals surface area contributed by atoms with Gasteiger partial charge in [-0.25, -0.2) is 9.78 Å². The van der Waals surface area contributed by atoms with Crippen LogP contribution in [0.2, 0.25) is 0 Å². The molecule has 1 aromatic heterocycles. The van der Waals surface area contributed by atoms with E-state index in [1.54, 1.807) is 17.6 Å². The first-order valence-electron chi connectivity index (χ1n) is 7.42. The van der Waals surface area contributed by atoms with Crippen LogP contribution in [0.25, 0.3) is 21.8 Å². The van der Waals surface area contributed by atoms with E-state index in [9.17, 15) is 9.90 Å². The van der Waals surface area contributed by atoms with Gasteiger partial charge in [-0.05, 0) is 11.6 Å². The molecular weight excluding hydrogens is 322 g/mol. The number of carbonyl (C=O) groups is 1. The van der Waals surface area contributed by atoms with Gasteiger partial charge in [0.05, 0.1) is 11.4 Å². The van der Waals surface area contributed by atoms with Gasteiger partial charge in [-0.15, -0.1) is 11.3 Å². The van der Waals surface area contributed by atoms with Gasteiger partial charge in [0.2, 0.25) is 0 Å². The van der Waals surface area contributed by atoms with E-state index in [2.05, 4.69) is 10.1 Å². The van der Waals surface area contributed by atoms with Gasteiger partial charge in [-0.3, -0.25) is 0 Å². The summed E-state index contributed by atoms with van der Waals surface area (Å²) in [5.74, 6) is 0. The summed E-state index contributed by atoms with van der Waals surface area (Å²) in [6, 6.07) is 15.7. The lowest BCUT2D eigenvalue weighted by atomic mass is 10.1. The summed E-state index contributed by atoms with van der Waals surface area (Å²) < 4.78 is 0. The molecule has 1 aliphatic heterocycles. The maximum absolute atomic E-state index is 11.4. The lowest BCUT2D eigenvalue weighted by Crippen LogP contribution is -2.27. The van der Waals surface area contributed by atoms with Crippen molar-refractivity contribution in [2.75, 3.05) is 5.01 Å². The minimum atomic E-state index is -1.09. The summed E-state index contributed by atoms with van der Waals surface area (Å²) in [6.45, 7) is 0. The summed E-state index contributed by atoms with van der Waals surface area (Å²) in [7, 11) is 0. The molecule has 1 amide bonds. The molecule has 4 rings (SSSR count). The predicted octanol–water partition coefficient (Wildman–Crippen LogP) is 4.50. The Bertz CT molecular complexity index is 934. The van der Waals surface area contributed by atoms with E-state index >= 15 is 0 Å². The topological polar surface area (TPSA) is 65.8 Å². The fourth-order valence-electron chi connectivity index (χ4n) is 2.65. The number of aromatic nitrogens is 1. The number of carboxylic acid groups (broad SMARTS) is 1. The van der Waals surface area contributed by atoms with Crippen LogP contribution in [0.1, 0.15) is 5.56 Å². The average molecular weight is 335 g/mol. The zero-order valence-corrected chi connectivity index (χ0v) is 13.4. The van der Waals surface area contributed by atoms with Crippen molar-refractivity contribution in [3.8, 4) is 21.8 Å². The summed E-state index contributed by atoms with van der Waals surface area (Å²) in [6.07, 6.45) is 1.15. The van der Waals surface area contributed by atoms with Gasteiger partial charge in [-0.2, -0.15) is 10.1 Å². The Kier molecular flexibility index (Phi) is 3.59. The van der Waals surface area contributed by atoms with Crippen LogP contribution < -0.4 is 5.01 Å². The van der Waals surface area contributed by atoms with E-state index < -0.39 is 6.09 Å². The molecule has 2 aromatic carbocycles. The predicted molar refractivity (Wildman–Crippen MR) is 95.7 cm³/mol. The van der Waals surface area contributed by atoms with Crippen molar-refractivity contribution in [2.45, 2.75) is 6.42 Å². The summed E-state index contributed by atoms with van der Waals surface area (Å²) in [5.41, 5.74) is 4.41. The van der Waals surface area contributed by atoms with Crippen LogP contribution in [0.15, 0.2) is 59.0 Å². The third-order valence-electron chi connectivity index (χ3n) is 3.82. The highest BCUT2D eigenvalue weighted by Crippen LogP contribution is 2.33. The Morgan fingerprint density at radius 2 is 1.96 bits per heavy atom. The number of nitrogens with zero attached hydrogens (tertiary/aromatic N) is 3. The highest BCUT2D eigenvalue weighted by atomic mass is 32.1. The van der Waals surface area contributed by atoms with Crippen molar-refractivity contribution >= 4 is 29.3 Å². The van der Waals surface area contributed by atoms with E-state index in [0.29, 0.717) is 12.1 Å². The van der Waals surface area contributed by atoms with Crippen LogP contribution >= 0.6 is 11.3 Å². The van der Waals surface area contributed by atoms with Gasteiger partial charge in [0, 0.05) is 29.1 Å². The molecule has 0 saturated heterocycles. The van der Waals surface area contributed by atoms with Crippen molar-refractivity contribution in [3.63, 3.8) is 0 Å². The van der Waals surface area contributed by atoms with Crippen LogP contribution in [0, 0.1) is 0 Å². The number of anilines is 1. The van der Waals surface area contributed by atoms with Crippen LogP contribution in [-0.4, -0.2) is 22.4 Å². The second-order valence-electron chi connectivity index (χ2n) is 5.34. The van der Waals surface area contributed by atoms with E-state index in [-0.39, 0.29) is 0 Å². The fraction of sp³-hybridized carbons (Fsp3) is 0.0556. The summed E-state index contributed by atoms with van der Waals surface area (Å²) >= 11 is 1.54. The smallest absolute Gasteiger partial charge is 0.432 e. The van der Waals surface area contributed by atoms with Crippen LogP contribution in [0.4, 0.5) is 10.5 Å². The highest BCUT2D eigenvalue weighted by molar-refractivity contribution is 7.13. The third-order valence-corrected chi connectivity index (χ3v) is 4.72. The molecular formula is C18H13N3O2S. The first-order valence-corrected chi connectivity index (χ1v) is 8.30. The van der Waals surface area contributed by atoms with Crippen molar-refractivity contribution in [1.82, 2.24) is 4.98 Å². The molecule has 24 heavy (non-hydrogen) atoms. The van der Waals surface area contributed by atoms with Crippen LogP contribution in [0.5, 0.6) is 0 Å². The Morgan fingerprint density at radius 3 is 2.75 bits per heavy atom. The van der Waals surface area contributed by atoms with E-state index in [0.717, 1.165) is 32.4 Å². The normalized spacial score (nSPS) is 12.9. The SMILES string of the molecule is O=C(O)N1N=CCc2ccc(-c3nc(-c4ccccc4)cs3)cc21. The van der Waals surface area contributed by atoms with Crippen molar-refractivity contribution < 1.29 is 9.90 Å². The number of thiazole rings is 1.